The summed E-state index contributed by atoms with van der Waals surface area (Å²) in [6.07, 6.45) is 2.97. The van der Waals surface area contributed by atoms with Crippen LogP contribution >= 0.6 is 0 Å². The van der Waals surface area contributed by atoms with Gasteiger partial charge in [-0.05, 0) is 62.6 Å². The van der Waals surface area contributed by atoms with Crippen LogP contribution < -0.4 is 4.72 Å². The Hall–Kier alpha value is -2.41. The molecule has 26 heavy (non-hydrogen) atoms. The number of para-hydroxylation sites is 1. The lowest BCUT2D eigenvalue weighted by Gasteiger charge is -2.34. The lowest BCUT2D eigenvalue weighted by Crippen LogP contribution is -2.42. The van der Waals surface area contributed by atoms with Gasteiger partial charge >= 0.3 is 0 Å². The molecule has 5 nitrogen and oxygen atoms in total. The normalized spacial score (nSPS) is 17.8. The fourth-order valence-corrected chi connectivity index (χ4v) is 4.21. The van der Waals surface area contributed by atoms with Gasteiger partial charge in [-0.3, -0.25) is 9.52 Å². The molecule has 1 unspecified atom stereocenters. The monoisotopic (exact) mass is 376 g/mol. The molecular formula is C19H21FN2O3S. The van der Waals surface area contributed by atoms with Gasteiger partial charge in [0.15, 0.2) is 0 Å². The summed E-state index contributed by atoms with van der Waals surface area (Å²) in [6.45, 7) is 2.67. The third-order valence-electron chi connectivity index (χ3n) is 4.59. The van der Waals surface area contributed by atoms with Crippen molar-refractivity contribution in [3.8, 4) is 0 Å². The van der Waals surface area contributed by atoms with E-state index in [0.29, 0.717) is 12.1 Å². The third kappa shape index (κ3) is 3.88. The van der Waals surface area contributed by atoms with Gasteiger partial charge in [0.25, 0.3) is 15.9 Å². The molecule has 1 amide bonds. The first-order valence-corrected chi connectivity index (χ1v) is 10.1. The number of carbonyl (C=O) groups is 1. The summed E-state index contributed by atoms with van der Waals surface area (Å²) < 4.78 is 40.6. The molecule has 2 aromatic carbocycles. The van der Waals surface area contributed by atoms with E-state index in [2.05, 4.69) is 4.72 Å². The van der Waals surface area contributed by atoms with Crippen LogP contribution in [0.25, 0.3) is 0 Å². The second-order valence-corrected chi connectivity index (χ2v) is 8.13. The highest BCUT2D eigenvalue weighted by Gasteiger charge is 2.27. The van der Waals surface area contributed by atoms with Crippen molar-refractivity contribution in [2.45, 2.75) is 37.1 Å². The van der Waals surface area contributed by atoms with E-state index in [1.165, 1.54) is 12.1 Å². The molecule has 0 saturated carbocycles. The van der Waals surface area contributed by atoms with E-state index in [0.717, 1.165) is 31.4 Å². The number of amides is 1. The molecule has 2 aromatic rings. The fourth-order valence-electron chi connectivity index (χ4n) is 3.13. The van der Waals surface area contributed by atoms with E-state index in [4.69, 9.17) is 0 Å². The van der Waals surface area contributed by atoms with E-state index >= 15 is 0 Å². The number of nitrogens with one attached hydrogen (secondary N) is 1. The summed E-state index contributed by atoms with van der Waals surface area (Å²) in [5.41, 5.74) is 0.534. The van der Waals surface area contributed by atoms with Crippen LogP contribution in [0.1, 0.15) is 36.5 Å². The van der Waals surface area contributed by atoms with Gasteiger partial charge in [-0.15, -0.1) is 0 Å². The molecule has 1 aliphatic heterocycles. The Morgan fingerprint density at radius 3 is 2.50 bits per heavy atom. The highest BCUT2D eigenvalue weighted by Crippen LogP contribution is 2.25. The number of anilines is 1. The van der Waals surface area contributed by atoms with Crippen LogP contribution in [0.5, 0.6) is 0 Å². The summed E-state index contributed by atoms with van der Waals surface area (Å²) in [7, 11) is -3.92. The molecule has 1 heterocycles. The molecule has 0 spiro atoms. The summed E-state index contributed by atoms with van der Waals surface area (Å²) in [4.78, 5) is 14.7. The van der Waals surface area contributed by atoms with Crippen molar-refractivity contribution in [1.82, 2.24) is 4.90 Å². The maximum Gasteiger partial charge on any atom is 0.261 e. The molecule has 0 aromatic heterocycles. The van der Waals surface area contributed by atoms with Crippen LogP contribution in [-0.4, -0.2) is 31.8 Å². The minimum absolute atomic E-state index is 0.0625. The first kappa shape index (κ1) is 18.4. The van der Waals surface area contributed by atoms with Crippen molar-refractivity contribution in [3.05, 3.63) is 59.9 Å². The molecule has 7 heteroatoms. The molecule has 1 aliphatic rings. The Kier molecular flexibility index (Phi) is 5.27. The first-order chi connectivity index (χ1) is 12.4. The van der Waals surface area contributed by atoms with Gasteiger partial charge in [0.05, 0.1) is 16.1 Å². The van der Waals surface area contributed by atoms with E-state index in [1.54, 1.807) is 29.2 Å². The van der Waals surface area contributed by atoms with Crippen molar-refractivity contribution in [3.63, 3.8) is 0 Å². The van der Waals surface area contributed by atoms with Crippen LogP contribution in [0.15, 0.2) is 53.4 Å². The predicted molar refractivity (Wildman–Crippen MR) is 98.0 cm³/mol. The Morgan fingerprint density at radius 1 is 1.12 bits per heavy atom. The zero-order valence-corrected chi connectivity index (χ0v) is 15.3. The molecule has 1 atom stereocenters. The minimum atomic E-state index is -3.92. The number of sulfonamides is 1. The van der Waals surface area contributed by atoms with Crippen LogP contribution in [0, 0.1) is 5.82 Å². The molecule has 0 bridgehead atoms. The Bertz CT molecular complexity index is 897. The SMILES string of the molecule is CC1CCCCN1C(=O)c1ccccc1NS(=O)(=O)c1ccc(F)cc1. The predicted octanol–water partition coefficient (Wildman–Crippen LogP) is 3.64. The van der Waals surface area contributed by atoms with E-state index in [-0.39, 0.29) is 22.5 Å². The van der Waals surface area contributed by atoms with E-state index in [1.807, 2.05) is 6.92 Å². The maximum absolute atomic E-state index is 13.0. The maximum atomic E-state index is 13.0. The van der Waals surface area contributed by atoms with Gasteiger partial charge in [0, 0.05) is 12.6 Å². The average molecular weight is 376 g/mol. The van der Waals surface area contributed by atoms with Gasteiger partial charge in [0.2, 0.25) is 0 Å². The number of benzene rings is 2. The quantitative estimate of drug-likeness (QED) is 0.886. The average Bonchev–Trinajstić information content (AvgIpc) is 2.62. The first-order valence-electron chi connectivity index (χ1n) is 8.57. The third-order valence-corrected chi connectivity index (χ3v) is 5.97. The lowest BCUT2D eigenvalue weighted by molar-refractivity contribution is 0.0636. The standard InChI is InChI=1S/C19H21FN2O3S/c1-14-6-4-5-13-22(14)19(23)17-7-2-3-8-18(17)21-26(24,25)16-11-9-15(20)10-12-16/h2-3,7-12,14,21H,4-6,13H2,1H3. The number of hydrogen-bond donors (Lipinski definition) is 1. The number of hydrogen-bond acceptors (Lipinski definition) is 3. The van der Waals surface area contributed by atoms with Crippen LogP contribution in [0.4, 0.5) is 10.1 Å². The molecule has 138 valence electrons. The van der Waals surface area contributed by atoms with Crippen LogP contribution in [0.3, 0.4) is 0 Å². The van der Waals surface area contributed by atoms with Gasteiger partial charge in [-0.2, -0.15) is 0 Å². The molecule has 0 aliphatic carbocycles. The Balaban J connectivity index is 1.89. The van der Waals surface area contributed by atoms with Crippen molar-refractivity contribution >= 4 is 21.6 Å². The molecule has 1 N–H and O–H groups in total. The second-order valence-electron chi connectivity index (χ2n) is 6.45. The summed E-state index contributed by atoms with van der Waals surface area (Å²) >= 11 is 0. The molecule has 1 saturated heterocycles. The van der Waals surface area contributed by atoms with Crippen molar-refractivity contribution in [1.29, 1.82) is 0 Å². The zero-order valence-electron chi connectivity index (χ0n) is 14.5. The van der Waals surface area contributed by atoms with Gasteiger partial charge in [-0.1, -0.05) is 12.1 Å². The second kappa shape index (κ2) is 7.45. The summed E-state index contributed by atoms with van der Waals surface area (Å²) in [6, 6.07) is 11.2. The molecule has 1 fully saturated rings. The minimum Gasteiger partial charge on any atom is -0.336 e. The molecule has 0 radical (unpaired) electrons. The topological polar surface area (TPSA) is 66.5 Å². The van der Waals surface area contributed by atoms with Crippen molar-refractivity contribution in [2.24, 2.45) is 0 Å². The van der Waals surface area contributed by atoms with Crippen LogP contribution in [0.2, 0.25) is 0 Å². The Labute approximate surface area is 152 Å². The number of nitrogens with zero attached hydrogens (tertiary/aromatic N) is 1. The number of halogens is 1. The largest absolute Gasteiger partial charge is 0.336 e. The number of piperidine rings is 1. The smallest absolute Gasteiger partial charge is 0.261 e. The Morgan fingerprint density at radius 2 is 1.81 bits per heavy atom. The van der Waals surface area contributed by atoms with Gasteiger partial charge < -0.3 is 4.90 Å². The van der Waals surface area contributed by atoms with Crippen LogP contribution in [-0.2, 0) is 10.0 Å². The van der Waals surface area contributed by atoms with Crippen molar-refractivity contribution < 1.29 is 17.6 Å². The summed E-state index contributed by atoms with van der Waals surface area (Å²) in [5.74, 6) is -0.701. The molecular weight excluding hydrogens is 355 g/mol. The van der Waals surface area contributed by atoms with Gasteiger partial charge in [0.1, 0.15) is 5.82 Å². The van der Waals surface area contributed by atoms with Crippen molar-refractivity contribution in [2.75, 3.05) is 11.3 Å². The van der Waals surface area contributed by atoms with Gasteiger partial charge in [-0.25, -0.2) is 12.8 Å². The highest BCUT2D eigenvalue weighted by molar-refractivity contribution is 7.92. The zero-order chi connectivity index (χ0) is 18.7. The summed E-state index contributed by atoms with van der Waals surface area (Å²) in [5, 5.41) is 0. The number of rotatable bonds is 4. The highest BCUT2D eigenvalue weighted by atomic mass is 32.2. The molecule has 3 rings (SSSR count). The lowest BCUT2D eigenvalue weighted by atomic mass is 10.0. The van der Waals surface area contributed by atoms with E-state index in [9.17, 15) is 17.6 Å². The number of carbonyl (C=O) groups excluding carboxylic acids is 1. The van der Waals surface area contributed by atoms with E-state index < -0.39 is 15.8 Å². The fraction of sp³-hybridized carbons (Fsp3) is 0.316. The number of likely N-dealkylation sites (tertiary alicyclic amines) is 1.